The first-order valence-corrected chi connectivity index (χ1v) is 5.95. The van der Waals surface area contributed by atoms with Gasteiger partial charge in [-0.1, -0.05) is 0 Å². The van der Waals surface area contributed by atoms with Crippen LogP contribution in [-0.2, 0) is 11.3 Å². The van der Waals surface area contributed by atoms with E-state index >= 15 is 0 Å². The van der Waals surface area contributed by atoms with Gasteiger partial charge in [-0.3, -0.25) is 0 Å². The summed E-state index contributed by atoms with van der Waals surface area (Å²) in [5.74, 6) is 2.29. The summed E-state index contributed by atoms with van der Waals surface area (Å²) in [6.45, 7) is 6.34. The molecule has 90 valence electrons. The quantitative estimate of drug-likeness (QED) is 0.838. The zero-order valence-electron chi connectivity index (χ0n) is 10.0. The first-order valence-electron chi connectivity index (χ1n) is 5.95. The molecule has 1 aromatic heterocycles. The molecule has 0 bridgehead atoms. The monoisotopic (exact) mass is 224 g/mol. The first kappa shape index (κ1) is 11.5. The molecule has 16 heavy (non-hydrogen) atoms. The van der Waals surface area contributed by atoms with Gasteiger partial charge in [-0.2, -0.15) is 0 Å². The highest BCUT2D eigenvalue weighted by Crippen LogP contribution is 2.26. The Morgan fingerprint density at radius 2 is 2.31 bits per heavy atom. The number of ether oxygens (including phenoxy) is 1. The molecule has 5 nitrogen and oxygen atoms in total. The molecule has 0 saturated carbocycles. The molecule has 0 spiro atoms. The van der Waals surface area contributed by atoms with E-state index in [-0.39, 0.29) is 0 Å². The molecule has 5 heteroatoms. The Morgan fingerprint density at radius 1 is 1.50 bits per heavy atom. The Bertz CT molecular complexity index is 342. The maximum absolute atomic E-state index is 5.68. The van der Waals surface area contributed by atoms with Crippen molar-refractivity contribution in [2.75, 3.05) is 13.2 Å². The fraction of sp³-hybridized carbons (Fsp3) is 0.818. The van der Waals surface area contributed by atoms with Gasteiger partial charge in [0.05, 0.1) is 13.2 Å². The minimum absolute atomic E-state index is 0.352. The van der Waals surface area contributed by atoms with Crippen LogP contribution in [0.15, 0.2) is 0 Å². The van der Waals surface area contributed by atoms with Gasteiger partial charge in [-0.05, 0) is 26.7 Å². The topological polar surface area (TPSA) is 66.0 Å². The summed E-state index contributed by atoms with van der Waals surface area (Å²) in [6.07, 6.45) is 2.24. The second-order valence-corrected chi connectivity index (χ2v) is 4.56. The van der Waals surface area contributed by atoms with Crippen molar-refractivity contribution >= 4 is 0 Å². The minimum Gasteiger partial charge on any atom is -0.381 e. The summed E-state index contributed by atoms with van der Waals surface area (Å²) < 4.78 is 7.65. The lowest BCUT2D eigenvalue weighted by atomic mass is 10.0. The number of nitrogens with zero attached hydrogens (tertiary/aromatic N) is 3. The number of hydrogen-bond donors (Lipinski definition) is 1. The minimum atomic E-state index is 0.352. The van der Waals surface area contributed by atoms with Crippen LogP contribution in [0.1, 0.15) is 50.3 Å². The lowest BCUT2D eigenvalue weighted by Crippen LogP contribution is -2.21. The van der Waals surface area contributed by atoms with Gasteiger partial charge in [0.2, 0.25) is 0 Å². The van der Waals surface area contributed by atoms with E-state index in [1.54, 1.807) is 0 Å². The summed E-state index contributed by atoms with van der Waals surface area (Å²) in [5.41, 5.74) is 5.68. The van der Waals surface area contributed by atoms with Gasteiger partial charge in [-0.15, -0.1) is 10.2 Å². The zero-order valence-corrected chi connectivity index (χ0v) is 10.0. The van der Waals surface area contributed by atoms with Gasteiger partial charge < -0.3 is 15.0 Å². The Kier molecular flexibility index (Phi) is 3.56. The standard InChI is InChI=1S/C11H20N4O/c1-8(2)15-10(6-12)13-14-11(15)9-4-3-5-16-7-9/h8-9H,3-7,12H2,1-2H3. The Hall–Kier alpha value is -0.940. The van der Waals surface area contributed by atoms with E-state index in [9.17, 15) is 0 Å². The van der Waals surface area contributed by atoms with Crippen molar-refractivity contribution in [1.82, 2.24) is 14.8 Å². The van der Waals surface area contributed by atoms with Crippen molar-refractivity contribution in [2.45, 2.75) is 45.2 Å². The Morgan fingerprint density at radius 3 is 2.88 bits per heavy atom. The summed E-state index contributed by atoms with van der Waals surface area (Å²) in [5, 5.41) is 8.45. The maximum atomic E-state index is 5.68. The summed E-state index contributed by atoms with van der Waals surface area (Å²) in [7, 11) is 0. The van der Waals surface area contributed by atoms with Gasteiger partial charge in [0.25, 0.3) is 0 Å². The lowest BCUT2D eigenvalue weighted by molar-refractivity contribution is 0.0765. The molecule has 0 aliphatic carbocycles. The molecule has 1 atom stereocenters. The molecule has 1 aliphatic rings. The van der Waals surface area contributed by atoms with E-state index in [0.717, 1.165) is 37.7 Å². The average Bonchev–Trinajstić information content (AvgIpc) is 2.73. The van der Waals surface area contributed by atoms with Crippen molar-refractivity contribution in [2.24, 2.45) is 5.73 Å². The van der Waals surface area contributed by atoms with Crippen LogP contribution < -0.4 is 5.73 Å². The van der Waals surface area contributed by atoms with E-state index in [2.05, 4.69) is 28.6 Å². The number of nitrogens with two attached hydrogens (primary N) is 1. The van der Waals surface area contributed by atoms with Crippen LogP contribution >= 0.6 is 0 Å². The number of rotatable bonds is 3. The van der Waals surface area contributed by atoms with Crippen LogP contribution in [-0.4, -0.2) is 28.0 Å². The van der Waals surface area contributed by atoms with Crippen molar-refractivity contribution < 1.29 is 4.74 Å². The molecule has 0 aromatic carbocycles. The van der Waals surface area contributed by atoms with Crippen molar-refractivity contribution in [3.8, 4) is 0 Å². The summed E-state index contributed by atoms with van der Waals surface area (Å²) >= 11 is 0. The molecule has 1 saturated heterocycles. The molecule has 2 heterocycles. The summed E-state index contributed by atoms with van der Waals surface area (Å²) in [4.78, 5) is 0. The molecule has 2 rings (SSSR count). The fourth-order valence-corrected chi connectivity index (χ4v) is 2.26. The van der Waals surface area contributed by atoms with Gasteiger partial charge in [0.15, 0.2) is 0 Å². The third-order valence-corrected chi connectivity index (χ3v) is 3.02. The Balaban J connectivity index is 2.28. The molecule has 0 amide bonds. The van der Waals surface area contributed by atoms with Crippen LogP contribution in [0.5, 0.6) is 0 Å². The van der Waals surface area contributed by atoms with Crippen molar-refractivity contribution in [1.29, 1.82) is 0 Å². The second-order valence-electron chi connectivity index (χ2n) is 4.56. The van der Waals surface area contributed by atoms with Crippen LogP contribution in [0.25, 0.3) is 0 Å². The second kappa shape index (κ2) is 4.93. The molecule has 2 N–H and O–H groups in total. The number of hydrogen-bond acceptors (Lipinski definition) is 4. The molecule has 1 unspecified atom stereocenters. The smallest absolute Gasteiger partial charge is 0.147 e. The molecule has 1 aromatic rings. The third kappa shape index (κ3) is 2.10. The zero-order chi connectivity index (χ0) is 11.5. The first-order chi connectivity index (χ1) is 7.74. The average molecular weight is 224 g/mol. The van der Waals surface area contributed by atoms with E-state index in [1.165, 1.54) is 0 Å². The molecular weight excluding hydrogens is 204 g/mol. The van der Waals surface area contributed by atoms with Gasteiger partial charge in [-0.25, -0.2) is 0 Å². The van der Waals surface area contributed by atoms with Crippen LogP contribution in [0.4, 0.5) is 0 Å². The molecule has 0 radical (unpaired) electrons. The van der Waals surface area contributed by atoms with Crippen molar-refractivity contribution in [3.63, 3.8) is 0 Å². The van der Waals surface area contributed by atoms with Crippen molar-refractivity contribution in [3.05, 3.63) is 11.6 Å². The highest BCUT2D eigenvalue weighted by atomic mass is 16.5. The molecule has 1 fully saturated rings. The van der Waals surface area contributed by atoms with E-state index in [1.807, 2.05) is 0 Å². The molecule has 1 aliphatic heterocycles. The van der Waals surface area contributed by atoms with Gasteiger partial charge >= 0.3 is 0 Å². The SMILES string of the molecule is CC(C)n1c(CN)nnc1C1CCCOC1. The largest absolute Gasteiger partial charge is 0.381 e. The third-order valence-electron chi connectivity index (χ3n) is 3.02. The number of aromatic nitrogens is 3. The Labute approximate surface area is 96.0 Å². The van der Waals surface area contributed by atoms with Gasteiger partial charge in [0, 0.05) is 18.6 Å². The highest BCUT2D eigenvalue weighted by molar-refractivity contribution is 5.04. The van der Waals surface area contributed by atoms with Gasteiger partial charge in [0.1, 0.15) is 11.6 Å². The fourth-order valence-electron chi connectivity index (χ4n) is 2.26. The van der Waals surface area contributed by atoms with E-state index < -0.39 is 0 Å². The van der Waals surface area contributed by atoms with Crippen LogP contribution in [0.3, 0.4) is 0 Å². The predicted octanol–water partition coefficient (Wildman–Crippen LogP) is 1.21. The normalized spacial score (nSPS) is 21.6. The predicted molar refractivity (Wildman–Crippen MR) is 61.1 cm³/mol. The van der Waals surface area contributed by atoms with Crippen LogP contribution in [0, 0.1) is 0 Å². The van der Waals surface area contributed by atoms with E-state index in [4.69, 9.17) is 10.5 Å². The maximum Gasteiger partial charge on any atom is 0.147 e. The molecular formula is C11H20N4O. The lowest BCUT2D eigenvalue weighted by Gasteiger charge is -2.23. The highest BCUT2D eigenvalue weighted by Gasteiger charge is 2.24. The van der Waals surface area contributed by atoms with E-state index in [0.29, 0.717) is 18.5 Å². The van der Waals surface area contributed by atoms with Crippen LogP contribution in [0.2, 0.25) is 0 Å². The summed E-state index contributed by atoms with van der Waals surface area (Å²) in [6, 6.07) is 0.352.